The van der Waals surface area contributed by atoms with E-state index in [2.05, 4.69) is 43.6 Å². The molecule has 0 bridgehead atoms. The molecule has 2 atom stereocenters. The third kappa shape index (κ3) is 3.93. The van der Waals surface area contributed by atoms with Crippen molar-refractivity contribution in [1.29, 1.82) is 0 Å². The van der Waals surface area contributed by atoms with Gasteiger partial charge in [0.15, 0.2) is 0 Å². The van der Waals surface area contributed by atoms with Crippen molar-refractivity contribution < 1.29 is 5.11 Å². The topological polar surface area (TPSA) is 32.3 Å². The van der Waals surface area contributed by atoms with E-state index >= 15 is 0 Å². The van der Waals surface area contributed by atoms with Crippen molar-refractivity contribution in [3.63, 3.8) is 0 Å². The van der Waals surface area contributed by atoms with Crippen LogP contribution in [0.3, 0.4) is 0 Å². The number of nitrogens with one attached hydrogen (secondary N) is 1. The van der Waals surface area contributed by atoms with Crippen LogP contribution in [0.5, 0.6) is 0 Å². The third-order valence-electron chi connectivity index (χ3n) is 2.81. The lowest BCUT2D eigenvalue weighted by atomic mass is 9.98. The predicted molar refractivity (Wildman–Crippen MR) is 66.4 cm³/mol. The van der Waals surface area contributed by atoms with Crippen LogP contribution in [0.4, 0.5) is 0 Å². The van der Waals surface area contributed by atoms with Gasteiger partial charge in [-0.05, 0) is 38.1 Å². The summed E-state index contributed by atoms with van der Waals surface area (Å²) in [7, 11) is 0. The van der Waals surface area contributed by atoms with E-state index in [9.17, 15) is 5.11 Å². The number of aliphatic hydroxyl groups is 1. The Hall–Kier alpha value is -0.380. The van der Waals surface area contributed by atoms with Crippen molar-refractivity contribution in [3.8, 4) is 0 Å². The summed E-state index contributed by atoms with van der Waals surface area (Å²) in [4.78, 5) is 1.39. The van der Waals surface area contributed by atoms with E-state index < -0.39 is 0 Å². The van der Waals surface area contributed by atoms with Crippen LogP contribution < -0.4 is 5.32 Å². The summed E-state index contributed by atoms with van der Waals surface area (Å²) < 4.78 is 0. The normalized spacial score (nSPS) is 17.3. The number of thiophene rings is 1. The SMILES string of the molecule is CCC(C)(CO)NC(C)Cc1cccs1. The maximum absolute atomic E-state index is 9.30. The molecule has 0 radical (unpaired) electrons. The van der Waals surface area contributed by atoms with E-state index in [0.29, 0.717) is 6.04 Å². The molecule has 86 valence electrons. The second-order valence-electron chi connectivity index (χ2n) is 4.40. The van der Waals surface area contributed by atoms with Gasteiger partial charge in [-0.15, -0.1) is 11.3 Å². The second-order valence-corrected chi connectivity index (χ2v) is 5.43. The lowest BCUT2D eigenvalue weighted by Gasteiger charge is -2.31. The molecule has 0 spiro atoms. The first kappa shape index (κ1) is 12.7. The van der Waals surface area contributed by atoms with E-state index in [1.165, 1.54) is 4.88 Å². The monoisotopic (exact) mass is 227 g/mol. The Labute approximate surface area is 96.3 Å². The van der Waals surface area contributed by atoms with Gasteiger partial charge in [-0.1, -0.05) is 13.0 Å². The Morgan fingerprint density at radius 1 is 1.60 bits per heavy atom. The van der Waals surface area contributed by atoms with E-state index in [4.69, 9.17) is 0 Å². The Kier molecular flexibility index (Phi) is 4.77. The third-order valence-corrected chi connectivity index (χ3v) is 3.71. The van der Waals surface area contributed by atoms with E-state index in [1.54, 1.807) is 11.3 Å². The highest BCUT2D eigenvalue weighted by Crippen LogP contribution is 2.14. The summed E-state index contributed by atoms with van der Waals surface area (Å²) in [5, 5.41) is 14.9. The molecule has 1 rings (SSSR count). The zero-order valence-electron chi connectivity index (χ0n) is 9.79. The summed E-state index contributed by atoms with van der Waals surface area (Å²) in [6.07, 6.45) is 1.98. The minimum absolute atomic E-state index is 0.142. The molecule has 0 aliphatic heterocycles. The van der Waals surface area contributed by atoms with Crippen LogP contribution >= 0.6 is 11.3 Å². The van der Waals surface area contributed by atoms with Gasteiger partial charge in [-0.3, -0.25) is 0 Å². The van der Waals surface area contributed by atoms with Crippen molar-refractivity contribution in [2.24, 2.45) is 0 Å². The Balaban J connectivity index is 2.44. The minimum Gasteiger partial charge on any atom is -0.394 e. The smallest absolute Gasteiger partial charge is 0.0610 e. The molecule has 2 nitrogen and oxygen atoms in total. The van der Waals surface area contributed by atoms with E-state index in [0.717, 1.165) is 12.8 Å². The molecule has 0 aliphatic carbocycles. The Morgan fingerprint density at radius 2 is 2.33 bits per heavy atom. The molecule has 15 heavy (non-hydrogen) atoms. The molecule has 2 N–H and O–H groups in total. The Morgan fingerprint density at radius 3 is 2.80 bits per heavy atom. The molecule has 1 aromatic heterocycles. The molecule has 1 heterocycles. The molecule has 1 aromatic rings. The lowest BCUT2D eigenvalue weighted by Crippen LogP contribution is -2.50. The molecule has 2 unspecified atom stereocenters. The molecule has 0 saturated heterocycles. The number of aliphatic hydroxyl groups excluding tert-OH is 1. The summed E-state index contributed by atoms with van der Waals surface area (Å²) >= 11 is 1.79. The summed E-state index contributed by atoms with van der Waals surface area (Å²) in [6.45, 7) is 6.53. The summed E-state index contributed by atoms with van der Waals surface area (Å²) in [5.41, 5.74) is -0.142. The van der Waals surface area contributed by atoms with Crippen LogP contribution in [0.1, 0.15) is 32.1 Å². The first-order chi connectivity index (χ1) is 7.09. The zero-order chi connectivity index (χ0) is 11.3. The van der Waals surface area contributed by atoms with Gasteiger partial charge in [0.2, 0.25) is 0 Å². The first-order valence-corrected chi connectivity index (χ1v) is 6.38. The van der Waals surface area contributed by atoms with Gasteiger partial charge >= 0.3 is 0 Å². The number of rotatable bonds is 6. The fourth-order valence-electron chi connectivity index (χ4n) is 1.64. The van der Waals surface area contributed by atoms with Gasteiger partial charge in [0.25, 0.3) is 0 Å². The van der Waals surface area contributed by atoms with Crippen molar-refractivity contribution in [3.05, 3.63) is 22.4 Å². The second kappa shape index (κ2) is 5.64. The summed E-state index contributed by atoms with van der Waals surface area (Å²) in [5.74, 6) is 0. The molecular formula is C12H21NOS. The van der Waals surface area contributed by atoms with E-state index in [1.807, 2.05) is 0 Å². The van der Waals surface area contributed by atoms with Crippen molar-refractivity contribution in [2.75, 3.05) is 6.61 Å². The van der Waals surface area contributed by atoms with Gasteiger partial charge in [0.05, 0.1) is 6.61 Å². The molecule has 3 heteroatoms. The van der Waals surface area contributed by atoms with Crippen LogP contribution in [0.25, 0.3) is 0 Å². The summed E-state index contributed by atoms with van der Waals surface area (Å²) in [6, 6.07) is 4.64. The maximum atomic E-state index is 9.30. The van der Waals surface area contributed by atoms with Gasteiger partial charge < -0.3 is 10.4 Å². The van der Waals surface area contributed by atoms with Crippen molar-refractivity contribution >= 4 is 11.3 Å². The quantitative estimate of drug-likeness (QED) is 0.782. The number of hydrogen-bond donors (Lipinski definition) is 2. The fraction of sp³-hybridized carbons (Fsp3) is 0.667. The van der Waals surface area contributed by atoms with Gasteiger partial charge in [0, 0.05) is 16.5 Å². The molecule has 0 amide bonds. The maximum Gasteiger partial charge on any atom is 0.0610 e. The average molecular weight is 227 g/mol. The van der Waals surface area contributed by atoms with Crippen LogP contribution in [0, 0.1) is 0 Å². The van der Waals surface area contributed by atoms with Gasteiger partial charge in [-0.25, -0.2) is 0 Å². The highest BCUT2D eigenvalue weighted by atomic mass is 32.1. The van der Waals surface area contributed by atoms with Crippen LogP contribution in [-0.4, -0.2) is 23.3 Å². The van der Waals surface area contributed by atoms with Gasteiger partial charge in [0.1, 0.15) is 0 Å². The fourth-order valence-corrected chi connectivity index (χ4v) is 2.47. The Bertz CT molecular complexity index is 267. The predicted octanol–water partition coefficient (Wildman–Crippen LogP) is 2.43. The highest BCUT2D eigenvalue weighted by Gasteiger charge is 2.22. The van der Waals surface area contributed by atoms with Crippen LogP contribution in [-0.2, 0) is 6.42 Å². The van der Waals surface area contributed by atoms with Crippen molar-refractivity contribution in [1.82, 2.24) is 5.32 Å². The molecule has 0 aliphatic rings. The van der Waals surface area contributed by atoms with Crippen LogP contribution in [0.15, 0.2) is 17.5 Å². The first-order valence-electron chi connectivity index (χ1n) is 5.50. The zero-order valence-corrected chi connectivity index (χ0v) is 10.6. The largest absolute Gasteiger partial charge is 0.394 e. The van der Waals surface area contributed by atoms with E-state index in [-0.39, 0.29) is 12.1 Å². The lowest BCUT2D eigenvalue weighted by molar-refractivity contribution is 0.159. The van der Waals surface area contributed by atoms with Crippen molar-refractivity contribution in [2.45, 2.75) is 45.2 Å². The van der Waals surface area contributed by atoms with Gasteiger partial charge in [-0.2, -0.15) is 0 Å². The molecular weight excluding hydrogens is 206 g/mol. The molecule has 0 saturated carbocycles. The minimum atomic E-state index is -0.142. The number of hydrogen-bond acceptors (Lipinski definition) is 3. The highest BCUT2D eigenvalue weighted by molar-refractivity contribution is 7.09. The standard InChI is InChI=1S/C12H21NOS/c1-4-12(3,9-14)13-10(2)8-11-6-5-7-15-11/h5-7,10,13-14H,4,8-9H2,1-3H3. The van der Waals surface area contributed by atoms with Crippen LogP contribution in [0.2, 0.25) is 0 Å². The average Bonchev–Trinajstić information content (AvgIpc) is 2.70. The molecule has 0 aromatic carbocycles. The molecule has 0 fully saturated rings.